The molecule has 8 heteroatoms. The van der Waals surface area contributed by atoms with Gasteiger partial charge in [-0.25, -0.2) is 9.59 Å². The fourth-order valence-corrected chi connectivity index (χ4v) is 2.78. The Kier molecular flexibility index (Phi) is 8.98. The third-order valence-corrected chi connectivity index (χ3v) is 3.80. The molecule has 0 aromatic heterocycles. The Balaban J connectivity index is 2.77. The van der Waals surface area contributed by atoms with E-state index in [4.69, 9.17) is 19.0 Å². The Hall–Kier alpha value is -2.25. The summed E-state index contributed by atoms with van der Waals surface area (Å²) in [4.78, 5) is 40.9. The summed E-state index contributed by atoms with van der Waals surface area (Å²) < 4.78 is 15.8. The Labute approximate surface area is 173 Å². The van der Waals surface area contributed by atoms with Gasteiger partial charge in [-0.15, -0.1) is 5.06 Å². The fraction of sp³-hybridized carbons (Fsp3) is 0.762. The molecule has 0 fully saturated rings. The topological polar surface area (TPSA) is 91.4 Å². The molecule has 8 nitrogen and oxygen atoms in total. The zero-order valence-electron chi connectivity index (χ0n) is 18.8. The van der Waals surface area contributed by atoms with Crippen molar-refractivity contribution >= 4 is 18.2 Å². The molecule has 0 N–H and O–H groups in total. The maximum atomic E-state index is 12.4. The number of carbonyl (C=O) groups is 3. The van der Waals surface area contributed by atoms with Crippen molar-refractivity contribution in [3.8, 4) is 0 Å². The lowest BCUT2D eigenvalue weighted by Gasteiger charge is -2.27. The third-order valence-electron chi connectivity index (χ3n) is 3.80. The zero-order valence-corrected chi connectivity index (χ0v) is 18.8. The SMILES string of the molecule is CC(=O)OC1=C(CCCN(OC(=O)OC(C)(C)C)C(=O)OC(C)(C)C)CCCC1. The second-order valence-electron chi connectivity index (χ2n) is 9.07. The Bertz CT molecular complexity index is 626. The predicted molar refractivity (Wildman–Crippen MR) is 107 cm³/mol. The fourth-order valence-electron chi connectivity index (χ4n) is 2.78. The second-order valence-corrected chi connectivity index (χ2v) is 9.07. The minimum atomic E-state index is -0.971. The number of allylic oxidation sites excluding steroid dienone is 2. The number of hydroxylamine groups is 2. The van der Waals surface area contributed by atoms with Crippen molar-refractivity contribution in [3.05, 3.63) is 11.3 Å². The molecule has 1 aliphatic rings. The van der Waals surface area contributed by atoms with Crippen LogP contribution in [0.15, 0.2) is 11.3 Å². The monoisotopic (exact) mass is 413 g/mol. The van der Waals surface area contributed by atoms with Crippen LogP contribution in [0.5, 0.6) is 0 Å². The summed E-state index contributed by atoms with van der Waals surface area (Å²) in [5, 5.41) is 0.883. The molecule has 0 spiro atoms. The van der Waals surface area contributed by atoms with Crippen LogP contribution in [-0.2, 0) is 23.8 Å². The van der Waals surface area contributed by atoms with Crippen LogP contribution in [0.1, 0.15) is 87.0 Å². The van der Waals surface area contributed by atoms with Crippen LogP contribution in [-0.4, -0.2) is 41.0 Å². The lowest BCUT2D eigenvalue weighted by Crippen LogP contribution is -2.40. The second kappa shape index (κ2) is 10.5. The highest BCUT2D eigenvalue weighted by Gasteiger charge is 2.28. The third kappa shape index (κ3) is 10.8. The van der Waals surface area contributed by atoms with Gasteiger partial charge in [-0.3, -0.25) is 4.79 Å². The van der Waals surface area contributed by atoms with Crippen LogP contribution in [0.2, 0.25) is 0 Å². The van der Waals surface area contributed by atoms with E-state index in [1.54, 1.807) is 41.5 Å². The van der Waals surface area contributed by atoms with Crippen LogP contribution in [0.25, 0.3) is 0 Å². The molecular weight excluding hydrogens is 378 g/mol. The van der Waals surface area contributed by atoms with E-state index in [1.165, 1.54) is 6.92 Å². The number of nitrogens with zero attached hydrogens (tertiary/aromatic N) is 1. The first kappa shape index (κ1) is 24.8. The van der Waals surface area contributed by atoms with Crippen molar-refractivity contribution in [1.29, 1.82) is 0 Å². The number of esters is 1. The quantitative estimate of drug-likeness (QED) is 0.345. The highest BCUT2D eigenvalue weighted by atomic mass is 16.8. The molecule has 29 heavy (non-hydrogen) atoms. The zero-order chi connectivity index (χ0) is 22.2. The van der Waals surface area contributed by atoms with Gasteiger partial charge in [-0.1, -0.05) is 0 Å². The smallest absolute Gasteiger partial charge is 0.442 e. The number of hydrogen-bond acceptors (Lipinski definition) is 7. The molecule has 0 atom stereocenters. The first-order valence-electron chi connectivity index (χ1n) is 10.1. The maximum Gasteiger partial charge on any atom is 0.534 e. The van der Waals surface area contributed by atoms with Gasteiger partial charge in [0.25, 0.3) is 0 Å². The van der Waals surface area contributed by atoms with Gasteiger partial charge in [-0.2, -0.15) is 0 Å². The number of hydrogen-bond donors (Lipinski definition) is 0. The minimum Gasteiger partial charge on any atom is -0.442 e. The number of carbonyl (C=O) groups excluding carboxylic acids is 3. The van der Waals surface area contributed by atoms with Crippen LogP contribution in [0.3, 0.4) is 0 Å². The Morgan fingerprint density at radius 2 is 1.52 bits per heavy atom. The molecule has 1 aliphatic carbocycles. The van der Waals surface area contributed by atoms with Gasteiger partial charge in [0.1, 0.15) is 17.0 Å². The first-order valence-corrected chi connectivity index (χ1v) is 10.1. The van der Waals surface area contributed by atoms with Crippen LogP contribution < -0.4 is 0 Å². The van der Waals surface area contributed by atoms with Crippen molar-refractivity contribution in [1.82, 2.24) is 5.06 Å². The summed E-state index contributed by atoms with van der Waals surface area (Å²) in [7, 11) is 0. The number of amides is 1. The van der Waals surface area contributed by atoms with Gasteiger partial charge in [0.05, 0.1) is 6.54 Å². The summed E-state index contributed by atoms with van der Waals surface area (Å²) in [6, 6.07) is 0. The summed E-state index contributed by atoms with van der Waals surface area (Å²) in [5.74, 6) is 0.392. The van der Waals surface area contributed by atoms with Crippen LogP contribution in [0, 0.1) is 0 Å². The van der Waals surface area contributed by atoms with Crippen LogP contribution in [0.4, 0.5) is 9.59 Å². The van der Waals surface area contributed by atoms with Crippen molar-refractivity contribution in [2.75, 3.05) is 6.54 Å². The minimum absolute atomic E-state index is 0.130. The van der Waals surface area contributed by atoms with Crippen molar-refractivity contribution in [2.45, 2.75) is 98.2 Å². The van der Waals surface area contributed by atoms with E-state index in [2.05, 4.69) is 0 Å². The van der Waals surface area contributed by atoms with E-state index in [0.717, 1.165) is 42.1 Å². The Morgan fingerprint density at radius 3 is 2.07 bits per heavy atom. The van der Waals surface area contributed by atoms with E-state index in [-0.39, 0.29) is 12.5 Å². The van der Waals surface area contributed by atoms with Gasteiger partial charge in [0.15, 0.2) is 0 Å². The van der Waals surface area contributed by atoms with Gasteiger partial charge in [0, 0.05) is 13.3 Å². The molecule has 0 aromatic carbocycles. The summed E-state index contributed by atoms with van der Waals surface area (Å²) in [6.45, 7) is 11.8. The molecule has 0 bridgehead atoms. The molecule has 1 amide bonds. The average molecular weight is 414 g/mol. The van der Waals surface area contributed by atoms with Crippen molar-refractivity contribution in [3.63, 3.8) is 0 Å². The van der Waals surface area contributed by atoms with Gasteiger partial charge in [0.2, 0.25) is 0 Å². The van der Waals surface area contributed by atoms with Crippen molar-refractivity contribution < 1.29 is 33.4 Å². The lowest BCUT2D eigenvalue weighted by atomic mass is 9.94. The van der Waals surface area contributed by atoms with Gasteiger partial charge < -0.3 is 19.0 Å². The Morgan fingerprint density at radius 1 is 0.931 bits per heavy atom. The van der Waals surface area contributed by atoms with E-state index >= 15 is 0 Å². The largest absolute Gasteiger partial charge is 0.534 e. The summed E-state index contributed by atoms with van der Waals surface area (Å²) in [6.07, 6.45) is 3.01. The molecule has 166 valence electrons. The van der Waals surface area contributed by atoms with E-state index in [0.29, 0.717) is 12.8 Å². The lowest BCUT2D eigenvalue weighted by molar-refractivity contribution is -0.137. The molecule has 0 unspecified atom stereocenters. The normalized spacial score (nSPS) is 14.9. The molecule has 0 radical (unpaired) electrons. The van der Waals surface area contributed by atoms with E-state index in [9.17, 15) is 14.4 Å². The molecular formula is C21H35NO7. The molecule has 0 aromatic rings. The average Bonchev–Trinajstić information content (AvgIpc) is 2.51. The highest BCUT2D eigenvalue weighted by Crippen LogP contribution is 2.29. The van der Waals surface area contributed by atoms with Gasteiger partial charge >= 0.3 is 18.2 Å². The summed E-state index contributed by atoms with van der Waals surface area (Å²) >= 11 is 0. The molecule has 0 aliphatic heterocycles. The van der Waals surface area contributed by atoms with Crippen molar-refractivity contribution in [2.24, 2.45) is 0 Å². The van der Waals surface area contributed by atoms with Crippen LogP contribution >= 0.6 is 0 Å². The number of rotatable bonds is 5. The van der Waals surface area contributed by atoms with Gasteiger partial charge in [-0.05, 0) is 79.2 Å². The molecule has 0 heterocycles. The van der Waals surface area contributed by atoms with E-state index in [1.807, 2.05) is 0 Å². The molecule has 1 rings (SSSR count). The maximum absolute atomic E-state index is 12.4. The number of ether oxygens (including phenoxy) is 3. The predicted octanol–water partition coefficient (Wildman–Crippen LogP) is 5.26. The van der Waals surface area contributed by atoms with E-state index < -0.39 is 23.5 Å². The summed E-state index contributed by atoms with van der Waals surface area (Å²) in [5.41, 5.74) is -0.420. The first-order chi connectivity index (χ1) is 13.3. The molecule has 0 saturated heterocycles. The highest BCUT2D eigenvalue weighted by molar-refractivity contribution is 5.70. The standard InChI is InChI=1S/C21H35NO7/c1-15(23)26-17-13-9-8-11-16(17)12-10-14-22(18(24)27-20(2,3)4)29-19(25)28-21(5,6)7/h8-14H2,1-7H3. The molecule has 0 saturated carbocycles.